The van der Waals surface area contributed by atoms with Crippen molar-refractivity contribution in [2.75, 3.05) is 11.1 Å². The molecule has 0 spiro atoms. The standard InChI is InChI=1S/C24H21ClN4OS/c25-19-12-14-21(15-13-19)29-22(16-11-18-7-3-1-4-8-18)27-28-24(29)31-17-23(30)26-20-9-5-2-6-10-20/h1-10,12-15H,11,16-17H2,(H,26,30). The molecule has 5 nitrogen and oxygen atoms in total. The number of nitrogens with zero attached hydrogens (tertiary/aromatic N) is 3. The Hall–Kier alpha value is -3.09. The van der Waals surface area contributed by atoms with Gasteiger partial charge in [-0.15, -0.1) is 10.2 Å². The first-order valence-electron chi connectivity index (χ1n) is 9.91. The van der Waals surface area contributed by atoms with Gasteiger partial charge in [-0.25, -0.2) is 0 Å². The fourth-order valence-corrected chi connectivity index (χ4v) is 4.05. The molecule has 156 valence electrons. The average molecular weight is 449 g/mol. The third kappa shape index (κ3) is 5.75. The number of anilines is 1. The second kappa shape index (κ2) is 10.3. The second-order valence-corrected chi connectivity index (χ2v) is 8.28. The molecule has 0 bridgehead atoms. The minimum Gasteiger partial charge on any atom is -0.325 e. The Morgan fingerprint density at radius 2 is 1.55 bits per heavy atom. The van der Waals surface area contributed by atoms with Crippen molar-refractivity contribution in [3.05, 3.63) is 101 Å². The van der Waals surface area contributed by atoms with Crippen molar-refractivity contribution in [3.8, 4) is 5.69 Å². The summed E-state index contributed by atoms with van der Waals surface area (Å²) < 4.78 is 2.00. The lowest BCUT2D eigenvalue weighted by atomic mass is 10.1. The lowest BCUT2D eigenvalue weighted by Gasteiger charge is -2.11. The number of aromatic nitrogens is 3. The molecule has 1 N–H and O–H groups in total. The van der Waals surface area contributed by atoms with Gasteiger partial charge in [0.25, 0.3) is 0 Å². The fourth-order valence-electron chi connectivity index (χ4n) is 3.15. The van der Waals surface area contributed by atoms with E-state index in [2.05, 4.69) is 27.6 Å². The van der Waals surface area contributed by atoms with Crippen LogP contribution in [0.4, 0.5) is 5.69 Å². The molecule has 1 heterocycles. The van der Waals surface area contributed by atoms with E-state index in [0.29, 0.717) is 10.2 Å². The van der Waals surface area contributed by atoms with E-state index in [4.69, 9.17) is 11.6 Å². The molecular formula is C24H21ClN4OS. The molecular weight excluding hydrogens is 428 g/mol. The van der Waals surface area contributed by atoms with Gasteiger partial charge in [0.15, 0.2) is 5.16 Å². The zero-order valence-corrected chi connectivity index (χ0v) is 18.3. The highest BCUT2D eigenvalue weighted by molar-refractivity contribution is 7.99. The summed E-state index contributed by atoms with van der Waals surface area (Å²) in [5, 5.41) is 13.0. The highest BCUT2D eigenvalue weighted by atomic mass is 35.5. The number of carbonyl (C=O) groups excluding carboxylic acids is 1. The van der Waals surface area contributed by atoms with E-state index in [1.807, 2.05) is 77.4 Å². The topological polar surface area (TPSA) is 59.8 Å². The van der Waals surface area contributed by atoms with Crippen LogP contribution in [0.2, 0.25) is 5.02 Å². The van der Waals surface area contributed by atoms with E-state index >= 15 is 0 Å². The van der Waals surface area contributed by atoms with Crippen molar-refractivity contribution >= 4 is 35.0 Å². The highest BCUT2D eigenvalue weighted by Gasteiger charge is 2.16. The molecule has 4 rings (SSSR count). The maximum atomic E-state index is 12.4. The van der Waals surface area contributed by atoms with Gasteiger partial charge in [-0.05, 0) is 48.4 Å². The molecule has 1 aromatic heterocycles. The van der Waals surface area contributed by atoms with E-state index in [1.54, 1.807) is 0 Å². The Morgan fingerprint density at radius 3 is 2.26 bits per heavy atom. The Labute approximate surface area is 190 Å². The van der Waals surface area contributed by atoms with Gasteiger partial charge in [-0.1, -0.05) is 71.9 Å². The largest absolute Gasteiger partial charge is 0.325 e. The summed E-state index contributed by atoms with van der Waals surface area (Å²) >= 11 is 7.44. The Morgan fingerprint density at radius 1 is 0.871 bits per heavy atom. The van der Waals surface area contributed by atoms with Crippen LogP contribution in [0, 0.1) is 0 Å². The summed E-state index contributed by atoms with van der Waals surface area (Å²) in [4.78, 5) is 12.4. The van der Waals surface area contributed by atoms with Crippen LogP contribution in [0.3, 0.4) is 0 Å². The lowest BCUT2D eigenvalue weighted by molar-refractivity contribution is -0.113. The quantitative estimate of drug-likeness (QED) is 0.365. The molecule has 7 heteroatoms. The average Bonchev–Trinajstić information content (AvgIpc) is 3.21. The number of para-hydroxylation sites is 1. The maximum Gasteiger partial charge on any atom is 0.234 e. The minimum atomic E-state index is -0.0901. The van der Waals surface area contributed by atoms with Crippen LogP contribution in [-0.4, -0.2) is 26.4 Å². The number of rotatable bonds is 8. The molecule has 0 saturated carbocycles. The van der Waals surface area contributed by atoms with Gasteiger partial charge >= 0.3 is 0 Å². The molecule has 0 unspecified atom stereocenters. The summed E-state index contributed by atoms with van der Waals surface area (Å²) in [6.45, 7) is 0. The van der Waals surface area contributed by atoms with Gasteiger partial charge in [0, 0.05) is 22.8 Å². The fraction of sp³-hybridized carbons (Fsp3) is 0.125. The first kappa shape index (κ1) is 21.2. The smallest absolute Gasteiger partial charge is 0.234 e. The number of amides is 1. The number of carbonyl (C=O) groups is 1. The number of thioether (sulfide) groups is 1. The molecule has 1 amide bonds. The Kier molecular flexibility index (Phi) is 7.02. The van der Waals surface area contributed by atoms with Crippen molar-refractivity contribution in [3.63, 3.8) is 0 Å². The number of nitrogens with one attached hydrogen (secondary N) is 1. The predicted molar refractivity (Wildman–Crippen MR) is 126 cm³/mol. The number of hydrogen-bond donors (Lipinski definition) is 1. The molecule has 0 atom stereocenters. The summed E-state index contributed by atoms with van der Waals surface area (Å²) in [7, 11) is 0. The third-order valence-corrected chi connectivity index (χ3v) is 5.84. The number of halogens is 1. The van der Waals surface area contributed by atoms with Crippen LogP contribution in [0.1, 0.15) is 11.4 Å². The van der Waals surface area contributed by atoms with E-state index in [-0.39, 0.29) is 11.7 Å². The zero-order valence-electron chi connectivity index (χ0n) is 16.7. The SMILES string of the molecule is O=C(CSc1nnc(CCc2ccccc2)n1-c1ccc(Cl)cc1)Nc1ccccc1. The number of aryl methyl sites for hydroxylation is 2. The van der Waals surface area contributed by atoms with E-state index in [1.165, 1.54) is 17.3 Å². The molecule has 31 heavy (non-hydrogen) atoms. The molecule has 0 aliphatic carbocycles. The van der Waals surface area contributed by atoms with Gasteiger partial charge in [-0.3, -0.25) is 9.36 Å². The summed E-state index contributed by atoms with van der Waals surface area (Å²) in [6, 6.07) is 27.3. The predicted octanol–water partition coefficient (Wildman–Crippen LogP) is 5.44. The van der Waals surface area contributed by atoms with Crippen molar-refractivity contribution in [1.82, 2.24) is 14.8 Å². The number of hydrogen-bond acceptors (Lipinski definition) is 4. The van der Waals surface area contributed by atoms with Crippen LogP contribution in [0.5, 0.6) is 0 Å². The number of benzene rings is 3. The van der Waals surface area contributed by atoms with Gasteiger partial charge in [-0.2, -0.15) is 0 Å². The van der Waals surface area contributed by atoms with Crippen LogP contribution in [0.15, 0.2) is 90.1 Å². The molecule has 0 saturated heterocycles. The van der Waals surface area contributed by atoms with E-state index in [0.717, 1.165) is 30.0 Å². The normalized spacial score (nSPS) is 10.7. The van der Waals surface area contributed by atoms with Gasteiger partial charge < -0.3 is 5.32 Å². The maximum absolute atomic E-state index is 12.4. The van der Waals surface area contributed by atoms with Crippen LogP contribution < -0.4 is 5.32 Å². The van der Waals surface area contributed by atoms with Gasteiger partial charge in [0.05, 0.1) is 5.75 Å². The molecule has 3 aromatic carbocycles. The summed E-state index contributed by atoms with van der Waals surface area (Å²) in [6.07, 6.45) is 1.59. The Balaban J connectivity index is 1.51. The van der Waals surface area contributed by atoms with Crippen LogP contribution >= 0.6 is 23.4 Å². The zero-order chi connectivity index (χ0) is 21.5. The van der Waals surface area contributed by atoms with Crippen LogP contribution in [-0.2, 0) is 17.6 Å². The third-order valence-electron chi connectivity index (χ3n) is 4.66. The van der Waals surface area contributed by atoms with Crippen molar-refractivity contribution in [1.29, 1.82) is 0 Å². The van der Waals surface area contributed by atoms with Gasteiger partial charge in [0.1, 0.15) is 5.82 Å². The van der Waals surface area contributed by atoms with Crippen molar-refractivity contribution in [2.24, 2.45) is 0 Å². The monoisotopic (exact) mass is 448 g/mol. The second-order valence-electron chi connectivity index (χ2n) is 6.90. The minimum absolute atomic E-state index is 0.0901. The summed E-state index contributed by atoms with van der Waals surface area (Å²) in [5.74, 6) is 0.990. The molecule has 0 radical (unpaired) electrons. The molecule has 0 aliphatic rings. The Bertz CT molecular complexity index is 1130. The highest BCUT2D eigenvalue weighted by Crippen LogP contribution is 2.24. The van der Waals surface area contributed by atoms with Crippen molar-refractivity contribution < 1.29 is 4.79 Å². The first-order chi connectivity index (χ1) is 15.2. The molecule has 0 aliphatic heterocycles. The van der Waals surface area contributed by atoms with E-state index < -0.39 is 0 Å². The first-order valence-corrected chi connectivity index (χ1v) is 11.3. The van der Waals surface area contributed by atoms with Crippen LogP contribution in [0.25, 0.3) is 5.69 Å². The molecule has 0 fully saturated rings. The summed E-state index contributed by atoms with van der Waals surface area (Å²) in [5.41, 5.74) is 2.93. The molecule has 4 aromatic rings. The van der Waals surface area contributed by atoms with Crippen molar-refractivity contribution in [2.45, 2.75) is 18.0 Å². The van der Waals surface area contributed by atoms with E-state index in [9.17, 15) is 4.79 Å². The lowest BCUT2D eigenvalue weighted by Crippen LogP contribution is -2.14. The van der Waals surface area contributed by atoms with Gasteiger partial charge in [0.2, 0.25) is 5.91 Å².